The number of likely N-dealkylation sites (tertiary alicyclic amines) is 1. The molecule has 0 spiro atoms. The molecular weight excluding hydrogens is 207 g/mol. The predicted octanol–water partition coefficient (Wildman–Crippen LogP) is 1.26. The number of nitrogens with one attached hydrogen (secondary N) is 1. The lowest BCUT2D eigenvalue weighted by molar-refractivity contribution is 0.0934. The van der Waals surface area contributed by atoms with Gasteiger partial charge in [-0.1, -0.05) is 12.1 Å². The van der Waals surface area contributed by atoms with Crippen LogP contribution in [0.25, 0.3) is 0 Å². The van der Waals surface area contributed by atoms with Crippen molar-refractivity contribution >= 4 is 5.91 Å². The Morgan fingerprint density at radius 3 is 2.88 bits per heavy atom. The summed E-state index contributed by atoms with van der Waals surface area (Å²) in [6.07, 6.45) is 0.927. The Labute approximate surface area is 94.3 Å². The molecule has 1 atom stereocenters. The molecule has 86 valence electrons. The van der Waals surface area contributed by atoms with E-state index in [0.717, 1.165) is 19.5 Å². The lowest BCUT2D eigenvalue weighted by Gasteiger charge is -2.13. The molecule has 0 aliphatic carbocycles. The summed E-state index contributed by atoms with van der Waals surface area (Å²) < 4.78 is 13.3. The van der Waals surface area contributed by atoms with Crippen molar-refractivity contribution in [2.45, 2.75) is 12.5 Å². The van der Waals surface area contributed by atoms with Gasteiger partial charge < -0.3 is 10.2 Å². The second-order valence-corrected chi connectivity index (χ2v) is 4.20. The van der Waals surface area contributed by atoms with E-state index in [9.17, 15) is 9.18 Å². The van der Waals surface area contributed by atoms with E-state index < -0.39 is 5.82 Å². The van der Waals surface area contributed by atoms with E-state index in [0.29, 0.717) is 0 Å². The van der Waals surface area contributed by atoms with Gasteiger partial charge in [0, 0.05) is 12.6 Å². The van der Waals surface area contributed by atoms with Crippen LogP contribution in [0.1, 0.15) is 16.8 Å². The Hall–Kier alpha value is -1.42. The number of hydrogen-bond donors (Lipinski definition) is 1. The van der Waals surface area contributed by atoms with E-state index in [2.05, 4.69) is 10.2 Å². The van der Waals surface area contributed by atoms with Gasteiger partial charge in [-0.15, -0.1) is 0 Å². The minimum atomic E-state index is -0.466. The van der Waals surface area contributed by atoms with E-state index in [1.165, 1.54) is 12.1 Å². The summed E-state index contributed by atoms with van der Waals surface area (Å²) in [5.74, 6) is -0.787. The molecule has 1 amide bonds. The number of likely N-dealkylation sites (N-methyl/N-ethyl adjacent to an activating group) is 1. The summed E-state index contributed by atoms with van der Waals surface area (Å²) in [6, 6.07) is 6.19. The average molecular weight is 222 g/mol. The zero-order valence-corrected chi connectivity index (χ0v) is 9.24. The Bertz CT molecular complexity index is 394. The van der Waals surface area contributed by atoms with Gasteiger partial charge >= 0.3 is 0 Å². The van der Waals surface area contributed by atoms with Crippen LogP contribution in [0, 0.1) is 5.82 Å². The number of halogens is 1. The van der Waals surface area contributed by atoms with Crippen LogP contribution in [0.3, 0.4) is 0 Å². The summed E-state index contributed by atoms with van der Waals surface area (Å²) in [4.78, 5) is 13.9. The smallest absolute Gasteiger partial charge is 0.254 e. The van der Waals surface area contributed by atoms with Crippen LogP contribution in [-0.4, -0.2) is 37.0 Å². The third kappa shape index (κ3) is 2.39. The molecule has 4 heteroatoms. The number of rotatable bonds is 2. The fourth-order valence-corrected chi connectivity index (χ4v) is 1.96. The number of hydrogen-bond acceptors (Lipinski definition) is 2. The number of carbonyl (C=O) groups is 1. The molecule has 1 saturated heterocycles. The highest BCUT2D eigenvalue weighted by Gasteiger charge is 2.22. The Kier molecular flexibility index (Phi) is 3.19. The van der Waals surface area contributed by atoms with Crippen molar-refractivity contribution in [3.05, 3.63) is 35.6 Å². The first-order valence-corrected chi connectivity index (χ1v) is 5.41. The maximum absolute atomic E-state index is 13.3. The molecular formula is C12H15FN2O. The van der Waals surface area contributed by atoms with Crippen molar-refractivity contribution in [3.8, 4) is 0 Å². The summed E-state index contributed by atoms with van der Waals surface area (Å²) in [5, 5.41) is 2.85. The molecule has 0 radical (unpaired) electrons. The monoisotopic (exact) mass is 222 g/mol. The zero-order chi connectivity index (χ0) is 11.5. The van der Waals surface area contributed by atoms with Crippen LogP contribution in [0.4, 0.5) is 4.39 Å². The first-order valence-electron chi connectivity index (χ1n) is 5.41. The topological polar surface area (TPSA) is 32.3 Å². The van der Waals surface area contributed by atoms with Gasteiger partial charge in [-0.3, -0.25) is 4.79 Å². The molecule has 0 saturated carbocycles. The van der Waals surface area contributed by atoms with Gasteiger partial charge in [0.05, 0.1) is 5.56 Å². The first kappa shape index (κ1) is 11.1. The summed E-state index contributed by atoms with van der Waals surface area (Å²) in [6.45, 7) is 1.81. The Morgan fingerprint density at radius 2 is 2.25 bits per heavy atom. The summed E-state index contributed by atoms with van der Waals surface area (Å²) >= 11 is 0. The number of amides is 1. The van der Waals surface area contributed by atoms with Crippen molar-refractivity contribution in [1.82, 2.24) is 10.2 Å². The van der Waals surface area contributed by atoms with Gasteiger partial charge in [0.1, 0.15) is 5.82 Å². The van der Waals surface area contributed by atoms with E-state index in [1.807, 2.05) is 7.05 Å². The van der Waals surface area contributed by atoms with Crippen LogP contribution in [0.2, 0.25) is 0 Å². The van der Waals surface area contributed by atoms with Crippen LogP contribution in [-0.2, 0) is 0 Å². The zero-order valence-electron chi connectivity index (χ0n) is 9.24. The Balaban J connectivity index is 2.01. The summed E-state index contributed by atoms with van der Waals surface area (Å²) in [5.41, 5.74) is 0.122. The molecule has 16 heavy (non-hydrogen) atoms. The molecule has 1 aliphatic heterocycles. The second kappa shape index (κ2) is 4.61. The van der Waals surface area contributed by atoms with Crippen molar-refractivity contribution in [3.63, 3.8) is 0 Å². The number of carbonyl (C=O) groups excluding carboxylic acids is 1. The maximum Gasteiger partial charge on any atom is 0.254 e. The molecule has 2 rings (SSSR count). The first-order chi connectivity index (χ1) is 7.66. The lowest BCUT2D eigenvalue weighted by Crippen LogP contribution is -2.36. The molecule has 1 fully saturated rings. The molecule has 0 aromatic heterocycles. The van der Waals surface area contributed by atoms with Crippen LogP contribution < -0.4 is 5.32 Å². The third-order valence-electron chi connectivity index (χ3n) is 2.85. The molecule has 1 aromatic rings. The molecule has 1 heterocycles. The number of nitrogens with zero attached hydrogens (tertiary/aromatic N) is 1. The minimum Gasteiger partial charge on any atom is -0.348 e. The van der Waals surface area contributed by atoms with Crippen LogP contribution in [0.5, 0.6) is 0 Å². The predicted molar refractivity (Wildman–Crippen MR) is 59.8 cm³/mol. The molecule has 3 nitrogen and oxygen atoms in total. The van der Waals surface area contributed by atoms with Gasteiger partial charge in [-0.2, -0.15) is 0 Å². The lowest BCUT2D eigenvalue weighted by atomic mass is 10.1. The van der Waals surface area contributed by atoms with Gasteiger partial charge in [0.25, 0.3) is 5.91 Å². The quantitative estimate of drug-likeness (QED) is 0.817. The highest BCUT2D eigenvalue weighted by molar-refractivity contribution is 5.94. The molecule has 1 aromatic carbocycles. The number of benzene rings is 1. The highest BCUT2D eigenvalue weighted by Crippen LogP contribution is 2.10. The average Bonchev–Trinajstić information content (AvgIpc) is 2.64. The largest absolute Gasteiger partial charge is 0.348 e. The van der Waals surface area contributed by atoms with Crippen molar-refractivity contribution in [2.24, 2.45) is 0 Å². The van der Waals surface area contributed by atoms with Gasteiger partial charge in [0.15, 0.2) is 0 Å². The van der Waals surface area contributed by atoms with Crippen LogP contribution >= 0.6 is 0 Å². The van der Waals surface area contributed by atoms with Crippen molar-refractivity contribution in [1.29, 1.82) is 0 Å². The maximum atomic E-state index is 13.3. The normalized spacial score (nSPS) is 21.0. The standard InChI is InChI=1S/C12H15FN2O/c1-15-7-6-9(8-15)14-12(16)10-4-2-3-5-11(10)13/h2-5,9H,6-8H2,1H3,(H,14,16)/t9-/m0/s1. The van der Waals surface area contributed by atoms with Crippen molar-refractivity contribution < 1.29 is 9.18 Å². The SMILES string of the molecule is CN1CC[C@H](NC(=O)c2ccccc2F)C1. The third-order valence-corrected chi connectivity index (χ3v) is 2.85. The highest BCUT2D eigenvalue weighted by atomic mass is 19.1. The molecule has 0 bridgehead atoms. The van der Waals surface area contributed by atoms with E-state index in [1.54, 1.807) is 12.1 Å². The fourth-order valence-electron chi connectivity index (χ4n) is 1.96. The van der Waals surface area contributed by atoms with E-state index in [4.69, 9.17) is 0 Å². The molecule has 1 aliphatic rings. The van der Waals surface area contributed by atoms with Gasteiger partial charge in [-0.25, -0.2) is 4.39 Å². The fraction of sp³-hybridized carbons (Fsp3) is 0.417. The van der Waals surface area contributed by atoms with E-state index in [-0.39, 0.29) is 17.5 Å². The van der Waals surface area contributed by atoms with Gasteiger partial charge in [-0.05, 0) is 32.1 Å². The molecule has 1 N–H and O–H groups in total. The Morgan fingerprint density at radius 1 is 1.50 bits per heavy atom. The van der Waals surface area contributed by atoms with Gasteiger partial charge in [0.2, 0.25) is 0 Å². The minimum absolute atomic E-state index is 0.122. The van der Waals surface area contributed by atoms with Crippen molar-refractivity contribution in [2.75, 3.05) is 20.1 Å². The van der Waals surface area contributed by atoms with Crippen LogP contribution in [0.15, 0.2) is 24.3 Å². The summed E-state index contributed by atoms with van der Waals surface area (Å²) in [7, 11) is 2.01. The second-order valence-electron chi connectivity index (χ2n) is 4.20. The van der Waals surface area contributed by atoms with E-state index >= 15 is 0 Å². The molecule has 0 unspecified atom stereocenters.